The number of benzene rings is 1. The lowest BCUT2D eigenvalue weighted by Crippen LogP contribution is -2.65. The van der Waals surface area contributed by atoms with Crippen LogP contribution >= 0.6 is 0 Å². The third-order valence-corrected chi connectivity index (χ3v) is 18.7. The van der Waals surface area contributed by atoms with Crippen LogP contribution in [0.1, 0.15) is 122 Å². The molecule has 8 heteroatoms. The van der Waals surface area contributed by atoms with Gasteiger partial charge in [-0.15, -0.1) is 0 Å². The van der Waals surface area contributed by atoms with E-state index in [1.807, 2.05) is 0 Å². The zero-order valence-electron chi connectivity index (χ0n) is 32.8. The molecule has 5 fully saturated rings. The SMILES string of the molecule is C=C(C)[C@@H]1CC[C@]2(CNCCCN3CCS(=O)(=O)CC3)CC[C@]3(C)[C@H](CC[C@@H]4[C@@]5(C)CC=C(c6ccc(C(=O)O)cc6F)C(C)(C)[C@@H]5CC[C@]43C)[C@@H]12. The van der Waals surface area contributed by atoms with Gasteiger partial charge in [0.2, 0.25) is 0 Å². The van der Waals surface area contributed by atoms with Gasteiger partial charge in [0.1, 0.15) is 5.82 Å². The average molecular weight is 737 g/mol. The van der Waals surface area contributed by atoms with Gasteiger partial charge in [0.25, 0.3) is 0 Å². The number of hydrogen-bond acceptors (Lipinski definition) is 5. The van der Waals surface area contributed by atoms with Gasteiger partial charge < -0.3 is 15.3 Å². The first-order valence-electron chi connectivity index (χ1n) is 20.4. The summed E-state index contributed by atoms with van der Waals surface area (Å²) in [7, 11) is -2.84. The summed E-state index contributed by atoms with van der Waals surface area (Å²) in [4.78, 5) is 13.9. The van der Waals surface area contributed by atoms with Crippen molar-refractivity contribution in [2.75, 3.05) is 44.2 Å². The molecule has 1 heterocycles. The van der Waals surface area contributed by atoms with Crippen molar-refractivity contribution < 1.29 is 22.7 Å². The molecule has 1 saturated heterocycles. The first-order chi connectivity index (χ1) is 24.4. The number of allylic oxidation sites excluding steroid dienone is 3. The minimum absolute atomic E-state index is 0.00350. The first kappa shape index (κ1) is 38.3. The number of hydrogen-bond donors (Lipinski definition) is 2. The number of rotatable bonds is 9. The van der Waals surface area contributed by atoms with E-state index in [1.54, 1.807) is 12.1 Å². The summed E-state index contributed by atoms with van der Waals surface area (Å²) in [6, 6.07) is 4.44. The Labute approximate surface area is 313 Å². The molecule has 0 bridgehead atoms. The van der Waals surface area contributed by atoms with Crippen molar-refractivity contribution in [1.82, 2.24) is 10.2 Å². The van der Waals surface area contributed by atoms with Crippen LogP contribution in [-0.2, 0) is 9.84 Å². The highest BCUT2D eigenvalue weighted by Gasteiger charge is 2.70. The molecule has 1 aliphatic heterocycles. The molecule has 52 heavy (non-hydrogen) atoms. The maximum absolute atomic E-state index is 15.5. The average Bonchev–Trinajstić information content (AvgIpc) is 3.46. The van der Waals surface area contributed by atoms with Crippen LogP contribution < -0.4 is 5.32 Å². The molecule has 0 unspecified atom stereocenters. The van der Waals surface area contributed by atoms with Crippen molar-refractivity contribution in [2.24, 2.45) is 56.7 Å². The smallest absolute Gasteiger partial charge is 0.335 e. The largest absolute Gasteiger partial charge is 0.478 e. The lowest BCUT2D eigenvalue weighted by Gasteiger charge is -2.72. The summed E-state index contributed by atoms with van der Waals surface area (Å²) in [6.07, 6.45) is 14.3. The third-order valence-electron chi connectivity index (χ3n) is 17.1. The van der Waals surface area contributed by atoms with Gasteiger partial charge in [0, 0.05) is 25.2 Å². The van der Waals surface area contributed by atoms with E-state index in [2.05, 4.69) is 64.4 Å². The molecular formula is C44H65FN2O4S. The molecule has 1 aromatic rings. The van der Waals surface area contributed by atoms with E-state index in [1.165, 1.54) is 56.6 Å². The predicted octanol–water partition coefficient (Wildman–Crippen LogP) is 8.88. The Bertz CT molecular complexity index is 1720. The minimum atomic E-state index is -2.84. The van der Waals surface area contributed by atoms with Crippen LogP contribution in [0.3, 0.4) is 0 Å². The summed E-state index contributed by atoms with van der Waals surface area (Å²) in [5, 5.41) is 13.4. The molecule has 2 N–H and O–H groups in total. The summed E-state index contributed by atoms with van der Waals surface area (Å²) in [5.41, 5.74) is 3.64. The van der Waals surface area contributed by atoms with Crippen LogP contribution in [0.25, 0.3) is 5.57 Å². The van der Waals surface area contributed by atoms with Crippen molar-refractivity contribution in [1.29, 1.82) is 0 Å². The van der Waals surface area contributed by atoms with Crippen LogP contribution in [0.2, 0.25) is 0 Å². The van der Waals surface area contributed by atoms with E-state index in [-0.39, 0.29) is 27.2 Å². The van der Waals surface area contributed by atoms with Crippen molar-refractivity contribution in [3.63, 3.8) is 0 Å². The van der Waals surface area contributed by atoms with E-state index in [9.17, 15) is 18.3 Å². The number of halogens is 1. The van der Waals surface area contributed by atoms with Crippen molar-refractivity contribution in [3.8, 4) is 0 Å². The fourth-order valence-corrected chi connectivity index (χ4v) is 15.5. The Hall–Kier alpha value is -2.03. The summed E-state index contributed by atoms with van der Waals surface area (Å²) in [6.45, 7) is 23.8. The molecule has 6 nitrogen and oxygen atoms in total. The second-order valence-corrected chi connectivity index (χ2v) is 21.9. The number of fused-ring (bicyclic) bond motifs is 7. The fourth-order valence-electron chi connectivity index (χ4n) is 14.3. The zero-order valence-corrected chi connectivity index (χ0v) is 33.6. The van der Waals surface area contributed by atoms with E-state index in [4.69, 9.17) is 0 Å². The molecule has 1 aromatic carbocycles. The second kappa shape index (κ2) is 13.3. The van der Waals surface area contributed by atoms with E-state index in [0.29, 0.717) is 65.2 Å². The molecule has 6 aliphatic rings. The van der Waals surface area contributed by atoms with Gasteiger partial charge in [0.15, 0.2) is 9.84 Å². The minimum Gasteiger partial charge on any atom is -0.478 e. The molecule has 5 aliphatic carbocycles. The standard InChI is InChI=1S/C44H65FN2O4S/c1-29(2)31-13-18-44(28-46-21-8-22-47-23-25-52(50,51)26-24-47)20-19-42(6)34(38(31)44)11-12-37-41(5)16-14-33(32-10-9-30(39(48)49)27-35(32)45)40(3,4)36(41)15-17-43(37,42)7/h9-10,14,27,31,34,36-38,46H,1,8,11-13,15-26,28H2,2-7H3,(H,48,49)/t31-,34+,36-,37+,38+,41-,42+,43+,44+/m0/s1. The highest BCUT2D eigenvalue weighted by molar-refractivity contribution is 7.91. The molecule has 9 atom stereocenters. The number of carboxylic acid groups (broad SMARTS) is 1. The van der Waals surface area contributed by atoms with Crippen molar-refractivity contribution in [3.05, 3.63) is 53.4 Å². The summed E-state index contributed by atoms with van der Waals surface area (Å²) >= 11 is 0. The Kier molecular flexibility index (Phi) is 9.80. The first-order valence-corrected chi connectivity index (χ1v) is 22.2. The predicted molar refractivity (Wildman–Crippen MR) is 208 cm³/mol. The van der Waals surface area contributed by atoms with Crippen LogP contribution in [0.15, 0.2) is 36.4 Å². The Balaban J connectivity index is 1.10. The lowest BCUT2D eigenvalue weighted by atomic mass is 9.32. The van der Waals surface area contributed by atoms with Gasteiger partial charge in [-0.2, -0.15) is 0 Å². The number of carbonyl (C=O) groups is 1. The number of nitrogens with one attached hydrogen (secondary N) is 1. The third kappa shape index (κ3) is 5.99. The van der Waals surface area contributed by atoms with Gasteiger partial charge in [0.05, 0.1) is 17.1 Å². The summed E-state index contributed by atoms with van der Waals surface area (Å²) in [5.74, 6) is 1.99. The molecule has 4 saturated carbocycles. The molecule has 0 spiro atoms. The van der Waals surface area contributed by atoms with Crippen LogP contribution in [0.4, 0.5) is 4.39 Å². The lowest BCUT2D eigenvalue weighted by molar-refractivity contribution is -0.225. The maximum atomic E-state index is 15.5. The molecular weight excluding hydrogens is 672 g/mol. The van der Waals surface area contributed by atoms with E-state index >= 15 is 4.39 Å². The van der Waals surface area contributed by atoms with E-state index in [0.717, 1.165) is 44.5 Å². The van der Waals surface area contributed by atoms with Crippen molar-refractivity contribution in [2.45, 2.75) is 106 Å². The second-order valence-electron chi connectivity index (χ2n) is 19.6. The van der Waals surface area contributed by atoms with Gasteiger partial charge in [-0.1, -0.05) is 58.9 Å². The number of nitrogens with zero attached hydrogens (tertiary/aromatic N) is 1. The fraction of sp³-hybridized carbons (Fsp3) is 0.750. The zero-order chi connectivity index (χ0) is 37.5. The number of sulfone groups is 1. The molecule has 7 rings (SSSR count). The molecule has 0 aromatic heterocycles. The van der Waals surface area contributed by atoms with Crippen LogP contribution in [0, 0.1) is 62.5 Å². The van der Waals surface area contributed by atoms with Crippen LogP contribution in [0.5, 0.6) is 0 Å². The Morgan fingerprint density at radius 1 is 0.981 bits per heavy atom. The Morgan fingerprint density at radius 2 is 1.71 bits per heavy atom. The molecule has 0 radical (unpaired) electrons. The number of carboxylic acids is 1. The maximum Gasteiger partial charge on any atom is 0.335 e. The normalized spacial score (nSPS) is 40.8. The van der Waals surface area contributed by atoms with Crippen LogP contribution in [-0.4, -0.2) is 68.6 Å². The topological polar surface area (TPSA) is 86.7 Å². The van der Waals surface area contributed by atoms with Gasteiger partial charge >= 0.3 is 5.97 Å². The highest BCUT2D eigenvalue weighted by Crippen LogP contribution is 2.77. The van der Waals surface area contributed by atoms with Gasteiger partial charge in [-0.3, -0.25) is 0 Å². The summed E-state index contributed by atoms with van der Waals surface area (Å²) < 4.78 is 39.3. The van der Waals surface area contributed by atoms with Gasteiger partial charge in [-0.05, 0) is 159 Å². The molecule has 0 amide bonds. The monoisotopic (exact) mass is 736 g/mol. The number of aromatic carboxylic acids is 1. The van der Waals surface area contributed by atoms with Crippen molar-refractivity contribution >= 4 is 21.4 Å². The highest BCUT2D eigenvalue weighted by atomic mass is 32.2. The van der Waals surface area contributed by atoms with E-state index < -0.39 is 21.6 Å². The quantitative estimate of drug-likeness (QED) is 0.195. The molecule has 288 valence electrons. The Morgan fingerprint density at radius 3 is 2.38 bits per heavy atom. The van der Waals surface area contributed by atoms with Gasteiger partial charge in [-0.25, -0.2) is 17.6 Å².